The van der Waals surface area contributed by atoms with Crippen molar-refractivity contribution in [3.8, 4) is 0 Å². The van der Waals surface area contributed by atoms with E-state index in [4.69, 9.17) is 0 Å². The van der Waals surface area contributed by atoms with Gasteiger partial charge in [-0.2, -0.15) is 0 Å². The van der Waals surface area contributed by atoms with Crippen LogP contribution in [0.1, 0.15) is 52.9 Å². The van der Waals surface area contributed by atoms with Crippen LogP contribution in [0.5, 0.6) is 0 Å². The van der Waals surface area contributed by atoms with Crippen molar-refractivity contribution in [2.45, 2.75) is 52.9 Å². The van der Waals surface area contributed by atoms with Crippen LogP contribution >= 0.6 is 0 Å². The highest BCUT2D eigenvalue weighted by molar-refractivity contribution is 5.98. The summed E-state index contributed by atoms with van der Waals surface area (Å²) >= 11 is 0. The number of carbonyl (C=O) groups is 2. The average Bonchev–Trinajstić information content (AvgIpc) is 2.78. The van der Waals surface area contributed by atoms with Crippen LogP contribution in [0.4, 0.5) is 0 Å². The average molecular weight is 222 g/mol. The molecular formula is C14H22O2. The predicted molar refractivity (Wildman–Crippen MR) is 65.2 cm³/mol. The molecule has 2 atom stereocenters. The van der Waals surface area contributed by atoms with E-state index in [2.05, 4.69) is 0 Å². The zero-order chi connectivity index (χ0) is 12.1. The second-order valence-electron chi connectivity index (χ2n) is 4.88. The van der Waals surface area contributed by atoms with Crippen LogP contribution in [0.2, 0.25) is 0 Å². The third-order valence-corrected chi connectivity index (χ3v) is 3.57. The molecule has 2 rings (SSSR count). The molecule has 0 bridgehead atoms. The van der Waals surface area contributed by atoms with E-state index in [1.807, 2.05) is 26.8 Å². The molecule has 16 heavy (non-hydrogen) atoms. The van der Waals surface area contributed by atoms with Gasteiger partial charge in [0.2, 0.25) is 0 Å². The van der Waals surface area contributed by atoms with E-state index in [9.17, 15) is 9.59 Å². The fourth-order valence-electron chi connectivity index (χ4n) is 2.22. The minimum Gasteiger partial charge on any atom is -0.299 e. The molecule has 0 aromatic heterocycles. The summed E-state index contributed by atoms with van der Waals surface area (Å²) in [5.41, 5.74) is 1.03. The molecule has 2 aliphatic carbocycles. The largest absolute Gasteiger partial charge is 0.299 e. The second-order valence-corrected chi connectivity index (χ2v) is 4.88. The summed E-state index contributed by atoms with van der Waals surface area (Å²) in [7, 11) is 0. The monoisotopic (exact) mass is 222 g/mol. The molecule has 0 N–H and O–H groups in total. The highest BCUT2D eigenvalue weighted by atomic mass is 16.1. The summed E-state index contributed by atoms with van der Waals surface area (Å²) < 4.78 is 0. The van der Waals surface area contributed by atoms with Gasteiger partial charge >= 0.3 is 0 Å². The summed E-state index contributed by atoms with van der Waals surface area (Å²) in [6.45, 7) is 5.94. The molecule has 0 aliphatic heterocycles. The Morgan fingerprint density at radius 2 is 1.75 bits per heavy atom. The third-order valence-electron chi connectivity index (χ3n) is 3.57. The van der Waals surface area contributed by atoms with Crippen molar-refractivity contribution in [2.24, 2.45) is 11.8 Å². The number of hydrogen-bond acceptors (Lipinski definition) is 2. The van der Waals surface area contributed by atoms with Crippen molar-refractivity contribution >= 4 is 11.6 Å². The SMILES string of the molecule is CC1CCCC1=O.CC=C1CCC(C)C1=O. The molecule has 0 aromatic rings. The van der Waals surface area contributed by atoms with Gasteiger partial charge in [-0.25, -0.2) is 0 Å². The number of allylic oxidation sites excluding steroid dienone is 2. The van der Waals surface area contributed by atoms with Crippen molar-refractivity contribution in [1.82, 2.24) is 0 Å². The van der Waals surface area contributed by atoms with E-state index >= 15 is 0 Å². The molecule has 0 heterocycles. The highest BCUT2D eigenvalue weighted by Gasteiger charge is 2.23. The third kappa shape index (κ3) is 3.29. The van der Waals surface area contributed by atoms with Crippen molar-refractivity contribution in [3.63, 3.8) is 0 Å². The topological polar surface area (TPSA) is 34.1 Å². The summed E-state index contributed by atoms with van der Waals surface area (Å²) in [4.78, 5) is 21.6. The lowest BCUT2D eigenvalue weighted by atomic mass is 10.1. The van der Waals surface area contributed by atoms with Crippen molar-refractivity contribution in [1.29, 1.82) is 0 Å². The minimum atomic E-state index is 0.288. The van der Waals surface area contributed by atoms with Crippen LogP contribution in [0.25, 0.3) is 0 Å². The fraction of sp³-hybridized carbons (Fsp3) is 0.714. The van der Waals surface area contributed by atoms with Crippen LogP contribution in [0.3, 0.4) is 0 Å². The normalized spacial score (nSPS) is 31.8. The van der Waals surface area contributed by atoms with Gasteiger partial charge in [0.1, 0.15) is 5.78 Å². The van der Waals surface area contributed by atoms with Gasteiger partial charge in [0.25, 0.3) is 0 Å². The maximum atomic E-state index is 11.1. The maximum absolute atomic E-state index is 11.1. The molecular weight excluding hydrogens is 200 g/mol. The molecule has 0 saturated heterocycles. The van der Waals surface area contributed by atoms with Crippen LogP contribution < -0.4 is 0 Å². The molecule has 2 fully saturated rings. The van der Waals surface area contributed by atoms with E-state index in [0.29, 0.717) is 17.5 Å². The van der Waals surface area contributed by atoms with Crippen molar-refractivity contribution in [2.75, 3.05) is 0 Å². The van der Waals surface area contributed by atoms with E-state index < -0.39 is 0 Å². The van der Waals surface area contributed by atoms with E-state index in [-0.39, 0.29) is 5.92 Å². The zero-order valence-corrected chi connectivity index (χ0v) is 10.6. The molecule has 2 heteroatoms. The van der Waals surface area contributed by atoms with Gasteiger partial charge in [-0.3, -0.25) is 9.59 Å². The molecule has 0 amide bonds. The first kappa shape index (κ1) is 13.1. The van der Waals surface area contributed by atoms with E-state index in [0.717, 1.165) is 37.7 Å². The Kier molecular flexibility index (Phi) is 4.91. The van der Waals surface area contributed by atoms with Crippen LogP contribution in [0.15, 0.2) is 11.6 Å². The summed E-state index contributed by atoms with van der Waals surface area (Å²) in [6.07, 6.45) is 7.07. The van der Waals surface area contributed by atoms with Gasteiger partial charge in [-0.05, 0) is 38.2 Å². The molecule has 0 radical (unpaired) electrons. The van der Waals surface area contributed by atoms with Gasteiger partial charge < -0.3 is 0 Å². The second kappa shape index (κ2) is 5.97. The lowest BCUT2D eigenvalue weighted by Crippen LogP contribution is -2.01. The first-order valence-corrected chi connectivity index (χ1v) is 6.28. The first-order valence-electron chi connectivity index (χ1n) is 6.28. The number of carbonyl (C=O) groups excluding carboxylic acids is 2. The van der Waals surface area contributed by atoms with Gasteiger partial charge in [0.15, 0.2) is 5.78 Å². The quantitative estimate of drug-likeness (QED) is 0.589. The van der Waals surface area contributed by atoms with E-state index in [1.54, 1.807) is 0 Å². The fourth-order valence-corrected chi connectivity index (χ4v) is 2.22. The van der Waals surface area contributed by atoms with Crippen LogP contribution in [-0.4, -0.2) is 11.6 Å². The molecule has 0 spiro atoms. The molecule has 0 aromatic carbocycles. The number of Topliss-reactive ketones (excluding diaryl/α,β-unsaturated/α-hetero) is 2. The Balaban J connectivity index is 0.000000165. The smallest absolute Gasteiger partial charge is 0.161 e. The highest BCUT2D eigenvalue weighted by Crippen LogP contribution is 2.25. The Morgan fingerprint density at radius 1 is 1.06 bits per heavy atom. The minimum absolute atomic E-state index is 0.288. The Morgan fingerprint density at radius 3 is 1.94 bits per heavy atom. The van der Waals surface area contributed by atoms with Gasteiger partial charge in [-0.15, -0.1) is 0 Å². The molecule has 2 saturated carbocycles. The molecule has 2 aliphatic rings. The predicted octanol–water partition coefficient (Wildman–Crippen LogP) is 3.31. The zero-order valence-electron chi connectivity index (χ0n) is 10.6. The lowest BCUT2D eigenvalue weighted by molar-refractivity contribution is -0.120. The van der Waals surface area contributed by atoms with Gasteiger partial charge in [0, 0.05) is 18.3 Å². The number of ketones is 2. The Hall–Kier alpha value is -0.920. The number of rotatable bonds is 0. The Labute approximate surface area is 98.1 Å². The molecule has 2 unspecified atom stereocenters. The standard InChI is InChI=1S/C8H12O.C6H10O/c1-3-7-5-4-6(2)8(7)9;1-5-3-2-4-6(5)7/h3,6H,4-5H2,1-2H3;5H,2-4H2,1H3. The van der Waals surface area contributed by atoms with E-state index in [1.165, 1.54) is 0 Å². The molecule has 90 valence electrons. The first-order chi connectivity index (χ1) is 7.56. The maximum Gasteiger partial charge on any atom is 0.161 e. The summed E-state index contributed by atoms with van der Waals surface area (Å²) in [6, 6.07) is 0. The van der Waals surface area contributed by atoms with Gasteiger partial charge in [0.05, 0.1) is 0 Å². The lowest BCUT2D eigenvalue weighted by Gasteiger charge is -1.93. The summed E-state index contributed by atoms with van der Waals surface area (Å²) in [5, 5.41) is 0. The Bertz CT molecular complexity index is 302. The van der Waals surface area contributed by atoms with Gasteiger partial charge in [-0.1, -0.05) is 19.9 Å². The molecule has 2 nitrogen and oxygen atoms in total. The van der Waals surface area contributed by atoms with Crippen LogP contribution in [0, 0.1) is 11.8 Å². The van der Waals surface area contributed by atoms with Crippen molar-refractivity contribution < 1.29 is 9.59 Å². The van der Waals surface area contributed by atoms with Crippen LogP contribution in [-0.2, 0) is 9.59 Å². The summed E-state index contributed by atoms with van der Waals surface area (Å²) in [5.74, 6) is 1.48. The van der Waals surface area contributed by atoms with Crippen molar-refractivity contribution in [3.05, 3.63) is 11.6 Å². The number of hydrogen-bond donors (Lipinski definition) is 0.